The summed E-state index contributed by atoms with van der Waals surface area (Å²) < 4.78 is 0. The first kappa shape index (κ1) is 14.6. The predicted octanol–water partition coefficient (Wildman–Crippen LogP) is 2.19. The fraction of sp³-hybridized carbons (Fsp3) is 0.533. The molecule has 0 unspecified atom stereocenters. The second kappa shape index (κ2) is 6.21. The lowest BCUT2D eigenvalue weighted by atomic mass is 9.98. The van der Waals surface area contributed by atoms with Gasteiger partial charge in [-0.2, -0.15) is 10.2 Å². The number of piperidine rings is 1. The Morgan fingerprint density at radius 2 is 2.32 bits per heavy atom. The molecular formula is C15H22N6O. The molecule has 3 N–H and O–H groups in total. The van der Waals surface area contributed by atoms with E-state index in [0.717, 1.165) is 48.3 Å². The lowest BCUT2D eigenvalue weighted by Gasteiger charge is -2.35. The molecule has 0 radical (unpaired) electrons. The third-order valence-corrected chi connectivity index (χ3v) is 4.36. The average molecular weight is 302 g/mol. The van der Waals surface area contributed by atoms with E-state index in [0.29, 0.717) is 6.54 Å². The molecule has 7 nitrogen and oxygen atoms in total. The van der Waals surface area contributed by atoms with Crippen molar-refractivity contribution in [3.63, 3.8) is 0 Å². The van der Waals surface area contributed by atoms with Gasteiger partial charge in [0.25, 0.3) is 0 Å². The van der Waals surface area contributed by atoms with Crippen LogP contribution in [0.1, 0.15) is 47.8 Å². The number of likely N-dealkylation sites (tertiary alicyclic amines) is 1. The molecule has 0 aliphatic carbocycles. The topological polar surface area (TPSA) is 89.7 Å². The van der Waals surface area contributed by atoms with Crippen LogP contribution in [0.15, 0.2) is 12.4 Å². The number of rotatable bonds is 3. The van der Waals surface area contributed by atoms with Crippen LogP contribution >= 0.6 is 0 Å². The van der Waals surface area contributed by atoms with Crippen molar-refractivity contribution in [2.24, 2.45) is 0 Å². The molecule has 2 aromatic heterocycles. The predicted molar refractivity (Wildman–Crippen MR) is 82.2 cm³/mol. The molecule has 2 amide bonds. The number of aryl methyl sites for hydroxylation is 2. The molecule has 3 rings (SSSR count). The molecule has 0 aromatic carbocycles. The second-order valence-corrected chi connectivity index (χ2v) is 5.81. The van der Waals surface area contributed by atoms with E-state index in [1.54, 1.807) is 6.20 Å². The lowest BCUT2D eigenvalue weighted by Crippen LogP contribution is -2.44. The first-order valence-corrected chi connectivity index (χ1v) is 7.70. The molecular weight excluding hydrogens is 280 g/mol. The number of nitrogens with zero attached hydrogens (tertiary/aromatic N) is 3. The highest BCUT2D eigenvalue weighted by Crippen LogP contribution is 2.30. The van der Waals surface area contributed by atoms with Gasteiger partial charge in [-0.05, 0) is 33.1 Å². The summed E-state index contributed by atoms with van der Waals surface area (Å²) in [5, 5.41) is 17.0. The van der Waals surface area contributed by atoms with Crippen LogP contribution in [0.4, 0.5) is 4.79 Å². The summed E-state index contributed by atoms with van der Waals surface area (Å²) in [6.07, 6.45) is 6.85. The summed E-state index contributed by atoms with van der Waals surface area (Å²) >= 11 is 0. The number of hydrogen-bond donors (Lipinski definition) is 3. The van der Waals surface area contributed by atoms with Gasteiger partial charge in [0.05, 0.1) is 17.9 Å². The smallest absolute Gasteiger partial charge is 0.318 e. The van der Waals surface area contributed by atoms with Crippen molar-refractivity contribution < 1.29 is 4.79 Å². The van der Waals surface area contributed by atoms with Crippen LogP contribution in [0.5, 0.6) is 0 Å². The van der Waals surface area contributed by atoms with Crippen molar-refractivity contribution in [1.29, 1.82) is 0 Å². The Hall–Kier alpha value is -2.31. The Bertz CT molecular complexity index is 613. The van der Waals surface area contributed by atoms with Crippen molar-refractivity contribution in [1.82, 2.24) is 30.6 Å². The van der Waals surface area contributed by atoms with E-state index < -0.39 is 0 Å². The number of aromatic amines is 2. The van der Waals surface area contributed by atoms with Crippen molar-refractivity contribution in [3.8, 4) is 0 Å². The summed E-state index contributed by atoms with van der Waals surface area (Å²) in [4.78, 5) is 14.5. The highest BCUT2D eigenvalue weighted by Gasteiger charge is 2.28. The van der Waals surface area contributed by atoms with Gasteiger partial charge in [0.15, 0.2) is 0 Å². The van der Waals surface area contributed by atoms with Gasteiger partial charge in [0, 0.05) is 36.1 Å². The Kier molecular flexibility index (Phi) is 4.13. The van der Waals surface area contributed by atoms with E-state index in [1.165, 1.54) is 0 Å². The number of carbonyl (C=O) groups is 1. The molecule has 1 fully saturated rings. The second-order valence-electron chi connectivity index (χ2n) is 5.81. The van der Waals surface area contributed by atoms with Crippen LogP contribution in [-0.2, 0) is 6.54 Å². The average Bonchev–Trinajstić information content (AvgIpc) is 3.16. The fourth-order valence-electron chi connectivity index (χ4n) is 3.06. The maximum Gasteiger partial charge on any atom is 0.318 e. The van der Waals surface area contributed by atoms with Gasteiger partial charge >= 0.3 is 6.03 Å². The highest BCUT2D eigenvalue weighted by molar-refractivity contribution is 5.75. The number of hydrogen-bond acceptors (Lipinski definition) is 3. The van der Waals surface area contributed by atoms with E-state index in [2.05, 4.69) is 25.7 Å². The van der Waals surface area contributed by atoms with Crippen LogP contribution < -0.4 is 5.32 Å². The van der Waals surface area contributed by atoms with Crippen LogP contribution in [0, 0.1) is 13.8 Å². The fourth-order valence-corrected chi connectivity index (χ4v) is 3.06. The van der Waals surface area contributed by atoms with E-state index in [-0.39, 0.29) is 12.1 Å². The Balaban J connectivity index is 1.67. The number of nitrogens with one attached hydrogen (secondary N) is 3. The first-order chi connectivity index (χ1) is 10.7. The van der Waals surface area contributed by atoms with Gasteiger partial charge in [0.2, 0.25) is 0 Å². The number of amides is 2. The molecule has 1 saturated heterocycles. The van der Waals surface area contributed by atoms with Gasteiger partial charge < -0.3 is 10.2 Å². The van der Waals surface area contributed by atoms with E-state index in [9.17, 15) is 4.79 Å². The van der Waals surface area contributed by atoms with Gasteiger partial charge in [0.1, 0.15) is 0 Å². The SMILES string of the molecule is Cc1n[nH]c(C)c1CNC(=O)N1CCCC[C@@H]1c1cn[nH]c1. The molecule has 118 valence electrons. The Labute approximate surface area is 129 Å². The summed E-state index contributed by atoms with van der Waals surface area (Å²) in [6, 6.07) is 0.0879. The van der Waals surface area contributed by atoms with Crippen molar-refractivity contribution in [2.45, 2.75) is 45.7 Å². The van der Waals surface area contributed by atoms with Crippen LogP contribution in [0.3, 0.4) is 0 Å². The molecule has 0 saturated carbocycles. The van der Waals surface area contributed by atoms with Gasteiger partial charge in [-0.25, -0.2) is 4.79 Å². The van der Waals surface area contributed by atoms with Gasteiger partial charge in [-0.15, -0.1) is 0 Å². The molecule has 3 heterocycles. The van der Waals surface area contributed by atoms with E-state index in [4.69, 9.17) is 0 Å². The van der Waals surface area contributed by atoms with Crippen molar-refractivity contribution >= 4 is 6.03 Å². The summed E-state index contributed by atoms with van der Waals surface area (Å²) in [6.45, 7) is 5.20. The minimum absolute atomic E-state index is 0.0223. The normalized spacial score (nSPS) is 18.5. The number of urea groups is 1. The van der Waals surface area contributed by atoms with E-state index in [1.807, 2.05) is 24.9 Å². The maximum atomic E-state index is 12.6. The third-order valence-electron chi connectivity index (χ3n) is 4.36. The van der Waals surface area contributed by atoms with E-state index >= 15 is 0 Å². The van der Waals surface area contributed by atoms with Crippen LogP contribution in [-0.4, -0.2) is 37.9 Å². The molecule has 0 spiro atoms. The largest absolute Gasteiger partial charge is 0.334 e. The lowest BCUT2D eigenvalue weighted by molar-refractivity contribution is 0.151. The quantitative estimate of drug-likeness (QED) is 0.812. The van der Waals surface area contributed by atoms with Crippen LogP contribution in [0.2, 0.25) is 0 Å². The molecule has 7 heteroatoms. The monoisotopic (exact) mass is 302 g/mol. The highest BCUT2D eigenvalue weighted by atomic mass is 16.2. The zero-order valence-corrected chi connectivity index (χ0v) is 13.0. The molecule has 1 atom stereocenters. The van der Waals surface area contributed by atoms with Crippen LogP contribution in [0.25, 0.3) is 0 Å². The third kappa shape index (κ3) is 2.84. The Morgan fingerprint density at radius 3 is 3.00 bits per heavy atom. The van der Waals surface area contributed by atoms with Gasteiger partial charge in [-0.3, -0.25) is 10.2 Å². The summed E-state index contributed by atoms with van der Waals surface area (Å²) in [7, 11) is 0. The van der Waals surface area contributed by atoms with Crippen molar-refractivity contribution in [2.75, 3.05) is 6.54 Å². The minimum Gasteiger partial charge on any atom is -0.334 e. The first-order valence-electron chi connectivity index (χ1n) is 7.70. The standard InChI is InChI=1S/C15H22N6O/c1-10-13(11(2)20-19-10)9-16-15(22)21-6-4-3-5-14(21)12-7-17-18-8-12/h7-8,14H,3-6,9H2,1-2H3,(H,16,22)(H,17,18)(H,19,20)/t14-/m1/s1. The van der Waals surface area contributed by atoms with Gasteiger partial charge in [-0.1, -0.05) is 0 Å². The molecule has 1 aliphatic heterocycles. The zero-order valence-electron chi connectivity index (χ0n) is 13.0. The Morgan fingerprint density at radius 1 is 1.45 bits per heavy atom. The number of carbonyl (C=O) groups excluding carboxylic acids is 1. The summed E-state index contributed by atoms with van der Waals surface area (Å²) in [5.41, 5.74) is 4.07. The zero-order chi connectivity index (χ0) is 15.5. The minimum atomic E-state index is -0.0223. The molecule has 2 aromatic rings. The molecule has 22 heavy (non-hydrogen) atoms. The number of aromatic nitrogens is 4. The molecule has 1 aliphatic rings. The summed E-state index contributed by atoms with van der Waals surface area (Å²) in [5.74, 6) is 0. The number of H-pyrrole nitrogens is 2. The molecule has 0 bridgehead atoms. The van der Waals surface area contributed by atoms with Crippen molar-refractivity contribution in [3.05, 3.63) is 34.9 Å². The maximum absolute atomic E-state index is 12.6.